The van der Waals surface area contributed by atoms with Crippen molar-refractivity contribution in [2.75, 3.05) is 39.9 Å². The Morgan fingerprint density at radius 3 is 3.08 bits per heavy atom. The molecular formula is C17H25IN6O. The minimum Gasteiger partial charge on any atom is -0.381 e. The van der Waals surface area contributed by atoms with Crippen molar-refractivity contribution in [3.8, 4) is 0 Å². The number of halogens is 1. The van der Waals surface area contributed by atoms with Crippen LogP contribution in [0.2, 0.25) is 0 Å². The van der Waals surface area contributed by atoms with Gasteiger partial charge in [-0.15, -0.1) is 34.2 Å². The lowest BCUT2D eigenvalue weighted by Crippen LogP contribution is -2.42. The number of aliphatic imine (C=N–C) groups is 1. The van der Waals surface area contributed by atoms with Crippen molar-refractivity contribution in [2.45, 2.75) is 19.3 Å². The number of pyridine rings is 1. The number of aromatic nitrogens is 3. The Bertz CT molecular complexity index is 740. The number of likely N-dealkylation sites (tertiary alicyclic amines) is 1. The highest BCUT2D eigenvalue weighted by molar-refractivity contribution is 14.0. The first-order valence-corrected chi connectivity index (χ1v) is 8.62. The van der Waals surface area contributed by atoms with E-state index >= 15 is 0 Å². The molecule has 25 heavy (non-hydrogen) atoms. The smallest absolute Gasteiger partial charge is 0.193 e. The van der Waals surface area contributed by atoms with Crippen LogP contribution in [-0.4, -0.2) is 65.4 Å². The van der Waals surface area contributed by atoms with Gasteiger partial charge in [0.05, 0.1) is 6.61 Å². The minimum absolute atomic E-state index is 0. The maximum Gasteiger partial charge on any atom is 0.193 e. The van der Waals surface area contributed by atoms with E-state index in [-0.39, 0.29) is 24.0 Å². The fourth-order valence-corrected chi connectivity index (χ4v) is 3.77. The SMILES string of the molecule is CN=C(NCCc1nnc2ccccn12)N1CCC2(CCOC2)C1.I. The zero-order valence-corrected chi connectivity index (χ0v) is 16.8. The average molecular weight is 456 g/mol. The number of guanidine groups is 1. The van der Waals surface area contributed by atoms with Crippen LogP contribution in [0.25, 0.3) is 5.65 Å². The quantitative estimate of drug-likeness (QED) is 0.432. The normalized spacial score (nSPS) is 23.4. The summed E-state index contributed by atoms with van der Waals surface area (Å²) in [7, 11) is 1.85. The molecule has 0 aromatic carbocycles. The van der Waals surface area contributed by atoms with E-state index in [1.807, 2.05) is 35.8 Å². The largest absolute Gasteiger partial charge is 0.381 e. The molecule has 0 aliphatic carbocycles. The zero-order chi connectivity index (χ0) is 16.4. The van der Waals surface area contributed by atoms with Crippen LogP contribution >= 0.6 is 24.0 Å². The van der Waals surface area contributed by atoms with Crippen molar-refractivity contribution in [2.24, 2.45) is 10.4 Å². The molecule has 8 heteroatoms. The predicted molar refractivity (Wildman–Crippen MR) is 108 cm³/mol. The van der Waals surface area contributed by atoms with Crippen LogP contribution < -0.4 is 5.32 Å². The van der Waals surface area contributed by atoms with Crippen molar-refractivity contribution in [3.63, 3.8) is 0 Å². The van der Waals surface area contributed by atoms with Crippen LogP contribution in [0.4, 0.5) is 0 Å². The maximum atomic E-state index is 5.61. The maximum absolute atomic E-state index is 5.61. The van der Waals surface area contributed by atoms with E-state index in [9.17, 15) is 0 Å². The monoisotopic (exact) mass is 456 g/mol. The number of rotatable bonds is 3. The highest BCUT2D eigenvalue weighted by atomic mass is 127. The second-order valence-corrected chi connectivity index (χ2v) is 6.74. The summed E-state index contributed by atoms with van der Waals surface area (Å²) in [6, 6.07) is 5.94. The summed E-state index contributed by atoms with van der Waals surface area (Å²) in [6.45, 7) is 4.69. The first kappa shape index (κ1) is 18.4. The summed E-state index contributed by atoms with van der Waals surface area (Å²) in [4.78, 5) is 6.81. The summed E-state index contributed by atoms with van der Waals surface area (Å²) >= 11 is 0. The van der Waals surface area contributed by atoms with E-state index in [0.29, 0.717) is 5.41 Å². The topological polar surface area (TPSA) is 67.0 Å². The summed E-state index contributed by atoms with van der Waals surface area (Å²) in [6.07, 6.45) is 5.19. The van der Waals surface area contributed by atoms with E-state index in [1.54, 1.807) is 0 Å². The molecule has 2 aliphatic heterocycles. The van der Waals surface area contributed by atoms with Gasteiger partial charge in [-0.2, -0.15) is 0 Å². The second-order valence-electron chi connectivity index (χ2n) is 6.74. The first-order valence-electron chi connectivity index (χ1n) is 8.62. The standard InChI is InChI=1S/C17H24N6O.HI/c1-18-16(22-10-6-17(12-22)7-11-24-13-17)19-8-5-15-21-20-14-4-2-3-9-23(14)15;/h2-4,9H,5-8,10-13H2,1H3,(H,18,19);1H. The third-order valence-electron chi connectivity index (χ3n) is 5.15. The first-order chi connectivity index (χ1) is 11.8. The highest BCUT2D eigenvalue weighted by Crippen LogP contribution is 2.38. The highest BCUT2D eigenvalue weighted by Gasteiger charge is 2.42. The van der Waals surface area contributed by atoms with Crippen molar-refractivity contribution >= 4 is 35.6 Å². The van der Waals surface area contributed by atoms with Crippen molar-refractivity contribution in [1.82, 2.24) is 24.8 Å². The minimum atomic E-state index is 0. The molecule has 0 bridgehead atoms. The zero-order valence-electron chi connectivity index (χ0n) is 14.5. The average Bonchev–Trinajstić information content (AvgIpc) is 3.34. The van der Waals surface area contributed by atoms with Crippen LogP contribution in [-0.2, 0) is 11.2 Å². The van der Waals surface area contributed by atoms with Crippen LogP contribution in [0.5, 0.6) is 0 Å². The van der Waals surface area contributed by atoms with Gasteiger partial charge in [-0.05, 0) is 25.0 Å². The lowest BCUT2D eigenvalue weighted by atomic mass is 9.87. The number of hydrogen-bond donors (Lipinski definition) is 1. The molecular weight excluding hydrogens is 431 g/mol. The fourth-order valence-electron chi connectivity index (χ4n) is 3.77. The van der Waals surface area contributed by atoms with Gasteiger partial charge in [0.15, 0.2) is 11.6 Å². The van der Waals surface area contributed by atoms with Gasteiger partial charge >= 0.3 is 0 Å². The molecule has 2 fully saturated rings. The number of ether oxygens (including phenoxy) is 1. The molecule has 1 N–H and O–H groups in total. The lowest BCUT2D eigenvalue weighted by Gasteiger charge is -2.24. The Kier molecular flexibility index (Phi) is 5.78. The Hall–Kier alpha value is -1.42. The third-order valence-corrected chi connectivity index (χ3v) is 5.15. The van der Waals surface area contributed by atoms with Crippen LogP contribution in [0.15, 0.2) is 29.4 Å². The van der Waals surface area contributed by atoms with Gasteiger partial charge in [0.1, 0.15) is 5.82 Å². The molecule has 1 atom stereocenters. The number of nitrogens with one attached hydrogen (secondary N) is 1. The molecule has 0 radical (unpaired) electrons. The van der Waals surface area contributed by atoms with E-state index < -0.39 is 0 Å². The van der Waals surface area contributed by atoms with E-state index in [1.165, 1.54) is 12.8 Å². The third kappa shape index (κ3) is 3.74. The molecule has 2 saturated heterocycles. The van der Waals surface area contributed by atoms with Crippen LogP contribution in [0.3, 0.4) is 0 Å². The van der Waals surface area contributed by atoms with Gasteiger partial charge < -0.3 is 15.0 Å². The molecule has 1 unspecified atom stereocenters. The van der Waals surface area contributed by atoms with E-state index in [2.05, 4.69) is 25.4 Å². The van der Waals surface area contributed by atoms with Crippen LogP contribution in [0, 0.1) is 5.41 Å². The summed E-state index contributed by atoms with van der Waals surface area (Å²) in [5.41, 5.74) is 1.24. The molecule has 2 aromatic rings. The number of nitrogens with zero attached hydrogens (tertiary/aromatic N) is 5. The van der Waals surface area contributed by atoms with Gasteiger partial charge in [0.25, 0.3) is 0 Å². The molecule has 0 amide bonds. The lowest BCUT2D eigenvalue weighted by molar-refractivity contribution is 0.156. The predicted octanol–water partition coefficient (Wildman–Crippen LogP) is 1.58. The van der Waals surface area contributed by atoms with Gasteiger partial charge in [0, 0.05) is 51.3 Å². The molecule has 2 aliphatic rings. The molecule has 4 heterocycles. The molecule has 4 rings (SSSR count). The number of hydrogen-bond acceptors (Lipinski definition) is 4. The summed E-state index contributed by atoms with van der Waals surface area (Å²) in [5.74, 6) is 1.95. The van der Waals surface area contributed by atoms with Gasteiger partial charge in [-0.1, -0.05) is 6.07 Å². The second kappa shape index (κ2) is 7.86. The Labute approximate surface area is 164 Å². The molecule has 1 spiro atoms. The Morgan fingerprint density at radius 1 is 1.36 bits per heavy atom. The van der Waals surface area contributed by atoms with E-state index in [4.69, 9.17) is 4.74 Å². The molecule has 0 saturated carbocycles. The van der Waals surface area contributed by atoms with Gasteiger partial charge in [-0.3, -0.25) is 9.39 Å². The van der Waals surface area contributed by atoms with Crippen molar-refractivity contribution in [1.29, 1.82) is 0 Å². The summed E-state index contributed by atoms with van der Waals surface area (Å²) in [5, 5.41) is 11.9. The van der Waals surface area contributed by atoms with Gasteiger partial charge in [0.2, 0.25) is 0 Å². The Balaban J connectivity index is 0.00000182. The molecule has 2 aromatic heterocycles. The van der Waals surface area contributed by atoms with Crippen molar-refractivity contribution < 1.29 is 4.74 Å². The summed E-state index contributed by atoms with van der Waals surface area (Å²) < 4.78 is 7.64. The Morgan fingerprint density at radius 2 is 2.28 bits per heavy atom. The fraction of sp³-hybridized carbons (Fsp3) is 0.588. The van der Waals surface area contributed by atoms with E-state index in [0.717, 1.165) is 56.7 Å². The molecule has 136 valence electrons. The van der Waals surface area contributed by atoms with Crippen molar-refractivity contribution in [3.05, 3.63) is 30.2 Å². The van der Waals surface area contributed by atoms with Crippen LogP contribution in [0.1, 0.15) is 18.7 Å². The molecule has 7 nitrogen and oxygen atoms in total. The van der Waals surface area contributed by atoms with Gasteiger partial charge in [-0.25, -0.2) is 0 Å². The number of fused-ring (bicyclic) bond motifs is 1.